The lowest BCUT2D eigenvalue weighted by atomic mass is 10.0. The largest absolute Gasteiger partial charge is 0.348 e. The summed E-state index contributed by atoms with van der Waals surface area (Å²) in [5, 5.41) is 9.26. The number of fused-ring (bicyclic) bond motifs is 1. The lowest BCUT2D eigenvalue weighted by molar-refractivity contribution is -0.122. The molecule has 1 heterocycles. The summed E-state index contributed by atoms with van der Waals surface area (Å²) >= 11 is 0. The molecule has 0 bridgehead atoms. The molecule has 21 heavy (non-hydrogen) atoms. The van der Waals surface area contributed by atoms with E-state index in [4.69, 9.17) is 0 Å². The van der Waals surface area contributed by atoms with Crippen molar-refractivity contribution in [2.45, 2.75) is 19.5 Å². The number of amides is 1. The van der Waals surface area contributed by atoms with Crippen LogP contribution < -0.4 is 5.32 Å². The molecule has 1 aromatic heterocycles. The number of carbonyl (C=O) groups excluding carboxylic acids is 1. The fourth-order valence-corrected chi connectivity index (χ4v) is 2.31. The average molecular weight is 280 g/mol. The highest BCUT2D eigenvalue weighted by molar-refractivity contribution is 5.83. The maximum absolute atomic E-state index is 12.0. The monoisotopic (exact) mass is 280 g/mol. The lowest BCUT2D eigenvalue weighted by Crippen LogP contribution is -2.30. The van der Waals surface area contributed by atoms with Gasteiger partial charge in [-0.25, -0.2) is 9.67 Å². The van der Waals surface area contributed by atoms with E-state index in [1.54, 1.807) is 0 Å². The van der Waals surface area contributed by atoms with E-state index in [0.717, 1.165) is 5.56 Å². The number of hydrogen-bond donors (Lipinski definition) is 1. The standard InChI is InChI=1S/C16H16N4O/c1-12(19-16(21)9-20-11-17-10-18-20)14-7-6-13-4-2-3-5-15(13)8-14/h2-8,10-12H,9H2,1H3,(H,19,21)/t12-/m0/s1. The maximum Gasteiger partial charge on any atom is 0.242 e. The smallest absolute Gasteiger partial charge is 0.242 e. The molecule has 0 unspecified atom stereocenters. The Bertz CT molecular complexity index is 752. The van der Waals surface area contributed by atoms with Gasteiger partial charge < -0.3 is 5.32 Å². The zero-order valence-electron chi connectivity index (χ0n) is 11.7. The summed E-state index contributed by atoms with van der Waals surface area (Å²) in [6.45, 7) is 2.15. The minimum Gasteiger partial charge on any atom is -0.348 e. The van der Waals surface area contributed by atoms with Crippen LogP contribution in [-0.4, -0.2) is 20.7 Å². The van der Waals surface area contributed by atoms with Gasteiger partial charge in [-0.3, -0.25) is 4.79 Å². The zero-order valence-corrected chi connectivity index (χ0v) is 11.7. The SMILES string of the molecule is C[C@H](NC(=O)Cn1cncn1)c1ccc2ccccc2c1. The zero-order chi connectivity index (χ0) is 14.7. The molecular weight excluding hydrogens is 264 g/mol. The van der Waals surface area contributed by atoms with Crippen LogP contribution in [0.1, 0.15) is 18.5 Å². The van der Waals surface area contributed by atoms with Crippen molar-refractivity contribution in [3.8, 4) is 0 Å². The second-order valence-corrected chi connectivity index (χ2v) is 4.99. The van der Waals surface area contributed by atoms with E-state index >= 15 is 0 Å². The molecule has 3 aromatic rings. The summed E-state index contributed by atoms with van der Waals surface area (Å²) in [6.07, 6.45) is 2.94. The Morgan fingerprint density at radius 3 is 2.81 bits per heavy atom. The van der Waals surface area contributed by atoms with Crippen molar-refractivity contribution in [3.05, 3.63) is 60.7 Å². The Hall–Kier alpha value is -2.69. The molecule has 1 amide bonds. The molecule has 0 aliphatic rings. The first-order valence-corrected chi connectivity index (χ1v) is 6.83. The highest BCUT2D eigenvalue weighted by atomic mass is 16.2. The van der Waals surface area contributed by atoms with Crippen LogP contribution in [0.3, 0.4) is 0 Å². The minimum atomic E-state index is -0.0823. The third-order valence-corrected chi connectivity index (χ3v) is 3.42. The third-order valence-electron chi connectivity index (χ3n) is 3.42. The molecule has 0 saturated carbocycles. The Morgan fingerprint density at radius 1 is 1.24 bits per heavy atom. The van der Waals surface area contributed by atoms with E-state index in [-0.39, 0.29) is 18.5 Å². The second kappa shape index (κ2) is 5.75. The first-order chi connectivity index (χ1) is 10.2. The summed E-state index contributed by atoms with van der Waals surface area (Å²) in [7, 11) is 0. The van der Waals surface area contributed by atoms with E-state index in [2.05, 4.69) is 39.7 Å². The summed E-state index contributed by atoms with van der Waals surface area (Å²) in [6, 6.07) is 14.4. The van der Waals surface area contributed by atoms with E-state index in [0.29, 0.717) is 0 Å². The van der Waals surface area contributed by atoms with E-state index in [1.165, 1.54) is 28.1 Å². The van der Waals surface area contributed by atoms with Crippen LogP contribution in [0.15, 0.2) is 55.1 Å². The number of rotatable bonds is 4. The molecule has 106 valence electrons. The summed E-state index contributed by atoms with van der Waals surface area (Å²) in [5.74, 6) is -0.0823. The van der Waals surface area contributed by atoms with Crippen LogP contribution in [0.5, 0.6) is 0 Å². The molecule has 0 aliphatic heterocycles. The van der Waals surface area contributed by atoms with Crippen LogP contribution in [0, 0.1) is 0 Å². The third kappa shape index (κ3) is 3.08. The van der Waals surface area contributed by atoms with E-state index in [9.17, 15) is 4.79 Å². The fourth-order valence-electron chi connectivity index (χ4n) is 2.31. The normalized spacial score (nSPS) is 12.2. The van der Waals surface area contributed by atoms with Gasteiger partial charge >= 0.3 is 0 Å². The number of benzene rings is 2. The van der Waals surface area contributed by atoms with Crippen LogP contribution in [0.2, 0.25) is 0 Å². The summed E-state index contributed by atoms with van der Waals surface area (Å²) in [5.41, 5.74) is 1.08. The molecule has 0 aliphatic carbocycles. The van der Waals surface area contributed by atoms with Crippen molar-refractivity contribution in [1.29, 1.82) is 0 Å². The number of carbonyl (C=O) groups is 1. The van der Waals surface area contributed by atoms with Gasteiger partial charge in [0, 0.05) is 0 Å². The Morgan fingerprint density at radius 2 is 2.05 bits per heavy atom. The van der Waals surface area contributed by atoms with E-state index < -0.39 is 0 Å². The van der Waals surface area contributed by atoms with Crippen LogP contribution in [0.25, 0.3) is 10.8 Å². The number of hydrogen-bond acceptors (Lipinski definition) is 3. The highest BCUT2D eigenvalue weighted by Gasteiger charge is 2.10. The molecule has 5 nitrogen and oxygen atoms in total. The highest BCUT2D eigenvalue weighted by Crippen LogP contribution is 2.20. The molecule has 1 N–H and O–H groups in total. The first kappa shape index (κ1) is 13.3. The molecule has 3 rings (SSSR count). The summed E-state index contributed by atoms with van der Waals surface area (Å²) in [4.78, 5) is 15.8. The van der Waals surface area contributed by atoms with Gasteiger partial charge in [-0.05, 0) is 29.3 Å². The Kier molecular flexibility index (Phi) is 3.64. The molecule has 0 saturated heterocycles. The predicted octanol–water partition coefficient (Wildman–Crippen LogP) is 2.31. The van der Waals surface area contributed by atoms with Crippen LogP contribution >= 0.6 is 0 Å². The van der Waals surface area contributed by atoms with Crippen molar-refractivity contribution in [2.24, 2.45) is 0 Å². The van der Waals surface area contributed by atoms with Crippen molar-refractivity contribution in [2.75, 3.05) is 0 Å². The molecule has 0 fully saturated rings. The second-order valence-electron chi connectivity index (χ2n) is 4.99. The number of aromatic nitrogens is 3. The van der Waals surface area contributed by atoms with Crippen LogP contribution in [-0.2, 0) is 11.3 Å². The fraction of sp³-hybridized carbons (Fsp3) is 0.188. The molecular formula is C16H16N4O. The van der Waals surface area contributed by atoms with Crippen molar-refractivity contribution >= 4 is 16.7 Å². The molecule has 0 spiro atoms. The van der Waals surface area contributed by atoms with Gasteiger partial charge in [-0.1, -0.05) is 36.4 Å². The van der Waals surface area contributed by atoms with Crippen molar-refractivity contribution in [3.63, 3.8) is 0 Å². The number of nitrogens with one attached hydrogen (secondary N) is 1. The minimum absolute atomic E-state index is 0.0503. The first-order valence-electron chi connectivity index (χ1n) is 6.83. The molecule has 0 radical (unpaired) electrons. The van der Waals surface area contributed by atoms with Gasteiger partial charge in [0.15, 0.2) is 0 Å². The summed E-state index contributed by atoms with van der Waals surface area (Å²) < 4.78 is 1.50. The maximum atomic E-state index is 12.0. The quantitative estimate of drug-likeness (QED) is 0.797. The molecule has 2 aromatic carbocycles. The molecule has 5 heteroatoms. The predicted molar refractivity (Wildman–Crippen MR) is 80.5 cm³/mol. The van der Waals surface area contributed by atoms with Gasteiger partial charge in [-0.15, -0.1) is 0 Å². The van der Waals surface area contributed by atoms with Gasteiger partial charge in [0.05, 0.1) is 6.04 Å². The van der Waals surface area contributed by atoms with E-state index in [1.807, 2.05) is 25.1 Å². The Balaban J connectivity index is 1.71. The average Bonchev–Trinajstić information content (AvgIpc) is 2.99. The number of nitrogens with zero attached hydrogens (tertiary/aromatic N) is 3. The Labute approximate surface area is 122 Å². The lowest BCUT2D eigenvalue weighted by Gasteiger charge is -2.15. The van der Waals surface area contributed by atoms with Crippen LogP contribution in [0.4, 0.5) is 0 Å². The molecule has 1 atom stereocenters. The van der Waals surface area contributed by atoms with Gasteiger partial charge in [0.25, 0.3) is 0 Å². The topological polar surface area (TPSA) is 59.8 Å². The van der Waals surface area contributed by atoms with Crippen molar-refractivity contribution < 1.29 is 4.79 Å². The van der Waals surface area contributed by atoms with Gasteiger partial charge in [0.2, 0.25) is 5.91 Å². The van der Waals surface area contributed by atoms with Gasteiger partial charge in [-0.2, -0.15) is 5.10 Å². The van der Waals surface area contributed by atoms with Gasteiger partial charge in [0.1, 0.15) is 19.2 Å². The van der Waals surface area contributed by atoms with Crippen molar-refractivity contribution in [1.82, 2.24) is 20.1 Å².